The molecule has 4 rings (SSSR count). The number of carbonyl (C=O) groups is 1. The van der Waals surface area contributed by atoms with Crippen LogP contribution < -0.4 is 5.32 Å². The van der Waals surface area contributed by atoms with Crippen molar-refractivity contribution in [1.29, 1.82) is 0 Å². The van der Waals surface area contributed by atoms with E-state index in [9.17, 15) is 13.2 Å². The summed E-state index contributed by atoms with van der Waals surface area (Å²) in [5, 5.41) is 13.5. The molecule has 31 heavy (non-hydrogen) atoms. The Morgan fingerprint density at radius 1 is 1.16 bits per heavy atom. The summed E-state index contributed by atoms with van der Waals surface area (Å²) in [6, 6.07) is 6.94. The summed E-state index contributed by atoms with van der Waals surface area (Å²) in [4.78, 5) is 18.7. The maximum Gasteiger partial charge on any atom is 0.321 e. The predicted octanol–water partition coefficient (Wildman–Crippen LogP) is 1.92. The number of aromatic amines is 1. The van der Waals surface area contributed by atoms with E-state index in [1.807, 2.05) is 19.1 Å². The normalized spacial score (nSPS) is 15.3. The quantitative estimate of drug-likeness (QED) is 0.626. The summed E-state index contributed by atoms with van der Waals surface area (Å²) in [5.74, 6) is 1.51. The summed E-state index contributed by atoms with van der Waals surface area (Å²) < 4.78 is 32.2. The molecule has 2 aromatic heterocycles. The first-order chi connectivity index (χ1) is 14.8. The van der Waals surface area contributed by atoms with Crippen molar-refractivity contribution in [3.05, 3.63) is 41.5 Å². The van der Waals surface area contributed by atoms with Crippen LogP contribution in [-0.2, 0) is 10.0 Å². The second-order valence-electron chi connectivity index (χ2n) is 7.30. The highest BCUT2D eigenvalue weighted by atomic mass is 32.2. The van der Waals surface area contributed by atoms with E-state index in [1.165, 1.54) is 4.31 Å². The Morgan fingerprint density at radius 2 is 1.90 bits per heavy atom. The van der Waals surface area contributed by atoms with Crippen molar-refractivity contribution in [2.24, 2.45) is 0 Å². The summed E-state index contributed by atoms with van der Waals surface area (Å²) in [5.41, 5.74) is 1.72. The van der Waals surface area contributed by atoms with Gasteiger partial charge in [0.25, 0.3) is 0 Å². The minimum atomic E-state index is -3.72. The Bertz CT molecular complexity index is 1190. The molecule has 0 radical (unpaired) electrons. The van der Waals surface area contributed by atoms with Gasteiger partial charge in [0, 0.05) is 37.4 Å². The number of nitrogens with one attached hydrogen (secondary N) is 2. The Labute approximate surface area is 179 Å². The average molecular weight is 446 g/mol. The lowest BCUT2D eigenvalue weighted by Crippen LogP contribution is -2.51. The van der Waals surface area contributed by atoms with Gasteiger partial charge in [0.15, 0.2) is 11.6 Å². The Hall–Kier alpha value is -3.25. The summed E-state index contributed by atoms with van der Waals surface area (Å²) in [6.45, 7) is 5.91. The van der Waals surface area contributed by atoms with Crippen LogP contribution in [0.4, 0.5) is 10.5 Å². The summed E-state index contributed by atoms with van der Waals surface area (Å²) in [7, 11) is -3.72. The lowest BCUT2D eigenvalue weighted by atomic mass is 10.2. The molecule has 1 aliphatic heterocycles. The maximum atomic E-state index is 12.9. The number of rotatable bonds is 4. The Kier molecular flexibility index (Phi) is 5.50. The number of hydrogen-bond acceptors (Lipinski definition) is 7. The molecule has 0 saturated carbocycles. The number of carbonyl (C=O) groups excluding carboxylic acids is 1. The minimum absolute atomic E-state index is 0.101. The molecule has 164 valence electrons. The van der Waals surface area contributed by atoms with Gasteiger partial charge in [-0.15, -0.1) is 0 Å². The number of amides is 2. The summed E-state index contributed by atoms with van der Waals surface area (Å²) in [6.07, 6.45) is 0. The number of nitrogens with zero attached hydrogens (tertiary/aromatic N) is 5. The van der Waals surface area contributed by atoms with Gasteiger partial charge in [0.2, 0.25) is 10.0 Å². The third-order valence-corrected chi connectivity index (χ3v) is 7.20. The fraction of sp³-hybridized carbons (Fsp3) is 0.368. The zero-order chi connectivity index (χ0) is 22.2. The number of aromatic nitrogens is 4. The first-order valence-corrected chi connectivity index (χ1v) is 11.2. The first kappa shape index (κ1) is 21.0. The standard InChI is InChI=1S/C19H23N7O4S/c1-12-17(13(2)30-24-12)31(28,29)26-9-7-25(8-10-26)19(27)21-16-6-4-5-15(11-16)18-20-14(3)22-23-18/h4-6,11H,7-10H2,1-3H3,(H,21,27)(H,20,22,23). The van der Waals surface area contributed by atoms with Crippen molar-refractivity contribution >= 4 is 21.7 Å². The van der Waals surface area contributed by atoms with Crippen molar-refractivity contribution in [3.63, 3.8) is 0 Å². The van der Waals surface area contributed by atoms with E-state index in [2.05, 4.69) is 25.7 Å². The molecular formula is C19H23N7O4S. The van der Waals surface area contributed by atoms with Crippen LogP contribution in [0.3, 0.4) is 0 Å². The molecule has 3 heterocycles. The van der Waals surface area contributed by atoms with E-state index < -0.39 is 10.0 Å². The molecule has 1 aromatic carbocycles. The molecule has 0 atom stereocenters. The monoisotopic (exact) mass is 445 g/mol. The maximum absolute atomic E-state index is 12.9. The van der Waals surface area contributed by atoms with E-state index in [4.69, 9.17) is 4.52 Å². The van der Waals surface area contributed by atoms with E-state index >= 15 is 0 Å². The van der Waals surface area contributed by atoms with E-state index in [0.29, 0.717) is 23.0 Å². The third kappa shape index (κ3) is 4.16. The number of sulfonamides is 1. The number of piperazine rings is 1. The molecule has 1 fully saturated rings. The predicted molar refractivity (Wildman–Crippen MR) is 112 cm³/mol. The van der Waals surface area contributed by atoms with Gasteiger partial charge in [-0.3, -0.25) is 5.10 Å². The molecule has 0 spiro atoms. The highest BCUT2D eigenvalue weighted by Gasteiger charge is 2.34. The van der Waals surface area contributed by atoms with Crippen LogP contribution in [0.15, 0.2) is 33.7 Å². The van der Waals surface area contributed by atoms with Crippen molar-refractivity contribution in [3.8, 4) is 11.4 Å². The smallest absolute Gasteiger partial charge is 0.321 e. The van der Waals surface area contributed by atoms with Crippen molar-refractivity contribution in [2.75, 3.05) is 31.5 Å². The number of H-pyrrole nitrogens is 1. The van der Waals surface area contributed by atoms with E-state index in [1.54, 1.807) is 30.9 Å². The zero-order valence-corrected chi connectivity index (χ0v) is 18.2. The number of hydrogen-bond donors (Lipinski definition) is 2. The van der Waals surface area contributed by atoms with Gasteiger partial charge in [-0.05, 0) is 32.9 Å². The molecular weight excluding hydrogens is 422 g/mol. The highest BCUT2D eigenvalue weighted by Crippen LogP contribution is 2.24. The van der Waals surface area contributed by atoms with Crippen LogP contribution in [0, 0.1) is 20.8 Å². The van der Waals surface area contributed by atoms with Gasteiger partial charge in [0.1, 0.15) is 16.4 Å². The Morgan fingerprint density at radius 3 is 2.52 bits per heavy atom. The molecule has 11 nitrogen and oxygen atoms in total. The lowest BCUT2D eigenvalue weighted by molar-refractivity contribution is 0.184. The topological polar surface area (TPSA) is 137 Å². The molecule has 2 amide bonds. The highest BCUT2D eigenvalue weighted by molar-refractivity contribution is 7.89. The molecule has 0 unspecified atom stereocenters. The average Bonchev–Trinajstić information content (AvgIpc) is 3.33. The molecule has 0 bridgehead atoms. The van der Waals surface area contributed by atoms with Gasteiger partial charge in [0.05, 0.1) is 0 Å². The molecule has 2 N–H and O–H groups in total. The number of aryl methyl sites for hydroxylation is 3. The van der Waals surface area contributed by atoms with Crippen LogP contribution in [0.5, 0.6) is 0 Å². The van der Waals surface area contributed by atoms with Crippen molar-refractivity contribution < 1.29 is 17.7 Å². The van der Waals surface area contributed by atoms with E-state index in [0.717, 1.165) is 5.56 Å². The fourth-order valence-electron chi connectivity index (χ4n) is 3.51. The fourth-order valence-corrected chi connectivity index (χ4v) is 5.23. The van der Waals surface area contributed by atoms with Gasteiger partial charge in [-0.1, -0.05) is 17.3 Å². The van der Waals surface area contributed by atoms with Crippen LogP contribution in [0.2, 0.25) is 0 Å². The SMILES string of the molecule is Cc1nc(-c2cccc(NC(=O)N3CCN(S(=O)(=O)c4c(C)noc4C)CC3)c2)n[nH]1. The third-order valence-electron chi connectivity index (χ3n) is 5.06. The van der Waals surface area contributed by atoms with Crippen molar-refractivity contribution in [1.82, 2.24) is 29.5 Å². The first-order valence-electron chi connectivity index (χ1n) is 9.74. The molecule has 0 aliphatic carbocycles. The zero-order valence-electron chi connectivity index (χ0n) is 17.4. The number of anilines is 1. The van der Waals surface area contributed by atoms with E-state index in [-0.39, 0.29) is 42.9 Å². The summed E-state index contributed by atoms with van der Waals surface area (Å²) >= 11 is 0. The van der Waals surface area contributed by atoms with Crippen LogP contribution >= 0.6 is 0 Å². The molecule has 1 saturated heterocycles. The largest absolute Gasteiger partial charge is 0.360 e. The molecule has 12 heteroatoms. The van der Waals surface area contributed by atoms with Gasteiger partial charge in [-0.25, -0.2) is 18.2 Å². The molecule has 3 aromatic rings. The van der Waals surface area contributed by atoms with Gasteiger partial charge >= 0.3 is 6.03 Å². The van der Waals surface area contributed by atoms with Crippen LogP contribution in [0.25, 0.3) is 11.4 Å². The van der Waals surface area contributed by atoms with Gasteiger partial charge < -0.3 is 14.7 Å². The molecule has 1 aliphatic rings. The second-order valence-corrected chi connectivity index (χ2v) is 9.17. The second kappa shape index (κ2) is 8.12. The number of urea groups is 1. The van der Waals surface area contributed by atoms with Crippen LogP contribution in [0.1, 0.15) is 17.3 Å². The minimum Gasteiger partial charge on any atom is -0.360 e. The van der Waals surface area contributed by atoms with Gasteiger partial charge in [-0.2, -0.15) is 9.40 Å². The number of benzene rings is 1. The Balaban J connectivity index is 1.40. The lowest BCUT2D eigenvalue weighted by Gasteiger charge is -2.33. The van der Waals surface area contributed by atoms with Crippen molar-refractivity contribution in [2.45, 2.75) is 25.7 Å². The van der Waals surface area contributed by atoms with Crippen LogP contribution in [-0.4, -0.2) is 70.2 Å².